The average molecular weight is 563 g/mol. The molecule has 2 fully saturated rings. The van der Waals surface area contributed by atoms with Gasteiger partial charge in [-0.3, -0.25) is 9.89 Å². The van der Waals surface area contributed by atoms with E-state index >= 15 is 0 Å². The molecule has 6 nitrogen and oxygen atoms in total. The van der Waals surface area contributed by atoms with Crippen molar-refractivity contribution in [3.05, 3.63) is 35.6 Å². The summed E-state index contributed by atoms with van der Waals surface area (Å²) in [6.45, 7) is 8.32. The van der Waals surface area contributed by atoms with Gasteiger partial charge in [-0.1, -0.05) is 25.0 Å². The largest absolute Gasteiger partial charge is 0.382 e. The van der Waals surface area contributed by atoms with Gasteiger partial charge in [0.05, 0.1) is 19.3 Å². The Morgan fingerprint density at radius 3 is 2.66 bits per heavy atom. The van der Waals surface area contributed by atoms with Crippen LogP contribution >= 0.6 is 24.0 Å². The number of morpholine rings is 1. The zero-order valence-corrected chi connectivity index (χ0v) is 21.9. The van der Waals surface area contributed by atoms with Crippen LogP contribution in [0.5, 0.6) is 0 Å². The minimum atomic E-state index is -0.198. The van der Waals surface area contributed by atoms with E-state index in [1.54, 1.807) is 12.1 Å². The van der Waals surface area contributed by atoms with E-state index in [-0.39, 0.29) is 35.8 Å². The highest BCUT2D eigenvalue weighted by atomic mass is 127. The highest BCUT2D eigenvalue weighted by molar-refractivity contribution is 14.0. The van der Waals surface area contributed by atoms with Gasteiger partial charge in [0.25, 0.3) is 0 Å². The van der Waals surface area contributed by atoms with Crippen LogP contribution in [0.25, 0.3) is 0 Å². The van der Waals surface area contributed by atoms with Crippen LogP contribution in [0, 0.1) is 11.2 Å². The fourth-order valence-corrected chi connectivity index (χ4v) is 4.82. The van der Waals surface area contributed by atoms with E-state index in [0.717, 1.165) is 50.8 Å². The smallest absolute Gasteiger partial charge is 0.191 e. The normalized spacial score (nSPS) is 19.9. The van der Waals surface area contributed by atoms with Crippen molar-refractivity contribution in [1.29, 1.82) is 0 Å². The number of ether oxygens (including phenoxy) is 2. The fourth-order valence-electron chi connectivity index (χ4n) is 4.82. The van der Waals surface area contributed by atoms with Gasteiger partial charge in [0.15, 0.2) is 5.96 Å². The molecule has 32 heavy (non-hydrogen) atoms. The van der Waals surface area contributed by atoms with Crippen molar-refractivity contribution in [3.8, 4) is 0 Å². The molecule has 1 aromatic rings. The molecular weight excluding hydrogens is 522 g/mol. The molecule has 0 bridgehead atoms. The Bertz CT molecular complexity index is 694. The van der Waals surface area contributed by atoms with Crippen molar-refractivity contribution in [2.45, 2.75) is 45.1 Å². The van der Waals surface area contributed by atoms with Crippen LogP contribution < -0.4 is 10.6 Å². The van der Waals surface area contributed by atoms with Gasteiger partial charge in [-0.05, 0) is 49.3 Å². The molecule has 3 rings (SSSR count). The molecule has 1 heterocycles. The van der Waals surface area contributed by atoms with Crippen LogP contribution in [-0.4, -0.2) is 70.5 Å². The number of hydrogen-bond acceptors (Lipinski definition) is 4. The Morgan fingerprint density at radius 1 is 1.25 bits per heavy atom. The van der Waals surface area contributed by atoms with Gasteiger partial charge in [-0.15, -0.1) is 24.0 Å². The van der Waals surface area contributed by atoms with E-state index in [0.29, 0.717) is 25.2 Å². The second-order valence-electron chi connectivity index (χ2n) is 8.68. The molecule has 1 aliphatic carbocycles. The summed E-state index contributed by atoms with van der Waals surface area (Å²) in [6, 6.07) is 6.99. The Labute approximate surface area is 209 Å². The molecule has 1 atom stereocenters. The fraction of sp³-hybridized carbons (Fsp3) is 0.708. The topological polar surface area (TPSA) is 58.1 Å². The van der Waals surface area contributed by atoms with E-state index in [9.17, 15) is 4.39 Å². The molecule has 1 saturated heterocycles. The first-order valence-corrected chi connectivity index (χ1v) is 11.8. The third kappa shape index (κ3) is 8.11. The molecule has 0 radical (unpaired) electrons. The number of nitrogens with zero attached hydrogens (tertiary/aromatic N) is 2. The summed E-state index contributed by atoms with van der Waals surface area (Å²) in [6.07, 6.45) is 6.15. The molecule has 1 aromatic carbocycles. The first-order chi connectivity index (χ1) is 15.2. The number of aliphatic imine (C=N–C) groups is 1. The molecule has 1 saturated carbocycles. The lowest BCUT2D eigenvalue weighted by atomic mass is 9.83. The predicted octanol–water partition coefficient (Wildman–Crippen LogP) is 3.97. The summed E-state index contributed by atoms with van der Waals surface area (Å²) in [4.78, 5) is 6.81. The van der Waals surface area contributed by atoms with Crippen molar-refractivity contribution < 1.29 is 13.9 Å². The van der Waals surface area contributed by atoms with E-state index in [2.05, 4.69) is 27.4 Å². The van der Waals surface area contributed by atoms with Gasteiger partial charge in [-0.2, -0.15) is 0 Å². The van der Waals surface area contributed by atoms with Crippen LogP contribution in [-0.2, 0) is 9.47 Å². The molecule has 0 spiro atoms. The maximum atomic E-state index is 13.9. The Balaban J connectivity index is 0.00000363. The molecule has 1 aliphatic heterocycles. The summed E-state index contributed by atoms with van der Waals surface area (Å²) in [7, 11) is 1.81. The monoisotopic (exact) mass is 562 g/mol. The molecule has 0 aromatic heterocycles. The molecule has 2 N–H and O–H groups in total. The second kappa shape index (κ2) is 14.3. The van der Waals surface area contributed by atoms with E-state index in [4.69, 9.17) is 9.47 Å². The maximum Gasteiger partial charge on any atom is 0.191 e. The predicted molar refractivity (Wildman–Crippen MR) is 138 cm³/mol. The standard InChI is InChI=1S/C24H39FN4O2.HI/c1-3-30-14-11-24(9-4-5-10-24)19-28-23(26-2)27-18-22(29-12-15-31-16-13-29)20-7-6-8-21(25)17-20;/h6-8,17,22H,3-5,9-16,18-19H2,1-2H3,(H2,26,27,28);1H. The van der Waals surface area contributed by atoms with Gasteiger partial charge in [-0.25, -0.2) is 4.39 Å². The number of nitrogens with one attached hydrogen (secondary N) is 2. The number of benzene rings is 1. The third-order valence-electron chi connectivity index (χ3n) is 6.68. The van der Waals surface area contributed by atoms with E-state index in [1.807, 2.05) is 13.1 Å². The van der Waals surface area contributed by atoms with Crippen LogP contribution in [0.2, 0.25) is 0 Å². The first-order valence-electron chi connectivity index (χ1n) is 11.8. The lowest BCUT2D eigenvalue weighted by Gasteiger charge is -2.35. The summed E-state index contributed by atoms with van der Waals surface area (Å²) in [5.74, 6) is 0.605. The Kier molecular flexibility index (Phi) is 12.2. The van der Waals surface area contributed by atoms with Crippen LogP contribution in [0.15, 0.2) is 29.3 Å². The summed E-state index contributed by atoms with van der Waals surface area (Å²) >= 11 is 0. The SMILES string of the molecule is CCOCCC1(CNC(=NC)NCC(c2cccc(F)c2)N2CCOCC2)CCCC1.I. The maximum absolute atomic E-state index is 13.9. The quantitative estimate of drug-likeness (QED) is 0.196. The van der Waals surface area contributed by atoms with Crippen molar-refractivity contribution in [3.63, 3.8) is 0 Å². The first kappa shape index (κ1) is 27.3. The van der Waals surface area contributed by atoms with Crippen molar-refractivity contribution in [1.82, 2.24) is 15.5 Å². The molecule has 1 unspecified atom stereocenters. The third-order valence-corrected chi connectivity index (χ3v) is 6.68. The number of guanidine groups is 1. The number of hydrogen-bond donors (Lipinski definition) is 2. The highest BCUT2D eigenvalue weighted by Crippen LogP contribution is 2.40. The average Bonchev–Trinajstić information content (AvgIpc) is 3.26. The van der Waals surface area contributed by atoms with Crippen LogP contribution in [0.1, 0.15) is 50.6 Å². The van der Waals surface area contributed by atoms with E-state index < -0.39 is 0 Å². The van der Waals surface area contributed by atoms with Gasteiger partial charge in [0.2, 0.25) is 0 Å². The van der Waals surface area contributed by atoms with Gasteiger partial charge in [0.1, 0.15) is 5.82 Å². The van der Waals surface area contributed by atoms with Crippen LogP contribution in [0.4, 0.5) is 4.39 Å². The zero-order chi connectivity index (χ0) is 21.9. The second-order valence-corrected chi connectivity index (χ2v) is 8.68. The Hall–Kier alpha value is -0.970. The zero-order valence-electron chi connectivity index (χ0n) is 19.6. The van der Waals surface area contributed by atoms with Crippen LogP contribution in [0.3, 0.4) is 0 Å². The number of rotatable bonds is 10. The number of halogens is 2. The minimum absolute atomic E-state index is 0. The summed E-state index contributed by atoms with van der Waals surface area (Å²) < 4.78 is 25.1. The molecule has 182 valence electrons. The summed E-state index contributed by atoms with van der Waals surface area (Å²) in [5, 5.41) is 7.06. The van der Waals surface area contributed by atoms with E-state index in [1.165, 1.54) is 31.7 Å². The Morgan fingerprint density at radius 2 is 2.00 bits per heavy atom. The van der Waals surface area contributed by atoms with Crippen molar-refractivity contribution >= 4 is 29.9 Å². The van der Waals surface area contributed by atoms with Gasteiger partial charge < -0.3 is 20.1 Å². The van der Waals surface area contributed by atoms with Gasteiger partial charge in [0, 0.05) is 46.4 Å². The molecule has 0 amide bonds. The lowest BCUT2D eigenvalue weighted by Crippen LogP contribution is -2.48. The lowest BCUT2D eigenvalue weighted by molar-refractivity contribution is 0.0169. The minimum Gasteiger partial charge on any atom is -0.382 e. The van der Waals surface area contributed by atoms with Gasteiger partial charge >= 0.3 is 0 Å². The summed E-state index contributed by atoms with van der Waals surface area (Å²) in [5.41, 5.74) is 1.27. The van der Waals surface area contributed by atoms with Crippen molar-refractivity contribution in [2.75, 3.05) is 59.7 Å². The highest BCUT2D eigenvalue weighted by Gasteiger charge is 2.33. The molecule has 8 heteroatoms. The molecule has 2 aliphatic rings. The molecular formula is C24H40FIN4O2. The van der Waals surface area contributed by atoms with Crippen molar-refractivity contribution in [2.24, 2.45) is 10.4 Å².